The molecule has 3 rings (SSSR count). The van der Waals surface area contributed by atoms with E-state index in [1.54, 1.807) is 23.1 Å². The number of fused-ring (bicyclic) bond motifs is 1. The molecular weight excluding hydrogens is 382 g/mol. The molecule has 1 atom stereocenters. The van der Waals surface area contributed by atoms with Crippen molar-refractivity contribution in [3.05, 3.63) is 59.2 Å². The van der Waals surface area contributed by atoms with Crippen molar-refractivity contribution < 1.29 is 28.2 Å². The van der Waals surface area contributed by atoms with E-state index in [0.717, 1.165) is 23.4 Å². The molecule has 0 aromatic heterocycles. The van der Waals surface area contributed by atoms with Crippen LogP contribution in [0.1, 0.15) is 29.3 Å². The van der Waals surface area contributed by atoms with E-state index in [1.165, 1.54) is 6.07 Å². The summed E-state index contributed by atoms with van der Waals surface area (Å²) >= 11 is 0. The number of ether oxygens (including phenoxy) is 1. The maximum absolute atomic E-state index is 13.1. The van der Waals surface area contributed by atoms with Crippen molar-refractivity contribution in [2.75, 3.05) is 24.6 Å². The third-order valence-electron chi connectivity index (χ3n) is 4.67. The predicted octanol–water partition coefficient (Wildman–Crippen LogP) is 2.43. The van der Waals surface area contributed by atoms with Gasteiger partial charge in [-0.05, 0) is 42.3 Å². The van der Waals surface area contributed by atoms with Gasteiger partial charge in [-0.1, -0.05) is 6.92 Å². The van der Waals surface area contributed by atoms with E-state index in [1.807, 2.05) is 6.92 Å². The Bertz CT molecular complexity index is 920. The van der Waals surface area contributed by atoms with E-state index in [0.29, 0.717) is 24.9 Å². The monoisotopic (exact) mass is 404 g/mol. The van der Waals surface area contributed by atoms with Crippen molar-refractivity contribution in [2.24, 2.45) is 0 Å². The molecule has 1 heterocycles. The average molecular weight is 404 g/mol. The van der Waals surface area contributed by atoms with Gasteiger partial charge in [0.1, 0.15) is 18.5 Å². The second kappa shape index (κ2) is 9.00. The third-order valence-corrected chi connectivity index (χ3v) is 4.67. The topological polar surface area (TPSA) is 78.9 Å². The van der Waals surface area contributed by atoms with Gasteiger partial charge in [0.25, 0.3) is 5.91 Å². The molecule has 2 aromatic rings. The molecule has 0 bridgehead atoms. The number of carbonyl (C=O) groups is 2. The first-order valence-electron chi connectivity index (χ1n) is 9.36. The smallest absolute Gasteiger partial charge is 0.251 e. The molecule has 29 heavy (non-hydrogen) atoms. The van der Waals surface area contributed by atoms with Crippen molar-refractivity contribution >= 4 is 17.5 Å². The summed E-state index contributed by atoms with van der Waals surface area (Å²) in [4.78, 5) is 26.0. The molecule has 6 nitrogen and oxygen atoms in total. The molecule has 154 valence electrons. The van der Waals surface area contributed by atoms with Crippen LogP contribution >= 0.6 is 0 Å². The number of aliphatic hydroxyl groups excluding tert-OH is 1. The molecule has 0 saturated heterocycles. The van der Waals surface area contributed by atoms with Gasteiger partial charge in [0.15, 0.2) is 11.6 Å². The van der Waals surface area contributed by atoms with Gasteiger partial charge in [0.2, 0.25) is 5.91 Å². The summed E-state index contributed by atoms with van der Waals surface area (Å²) in [5, 5.41) is 12.6. The first-order valence-corrected chi connectivity index (χ1v) is 9.36. The molecule has 1 aliphatic heterocycles. The normalized spacial score (nSPS) is 13.7. The lowest BCUT2D eigenvalue weighted by atomic mass is 10.1. The van der Waals surface area contributed by atoms with Crippen molar-refractivity contribution in [1.29, 1.82) is 0 Å². The minimum absolute atomic E-state index is 0.0464. The molecular formula is C21H22F2N2O4. The highest BCUT2D eigenvalue weighted by Gasteiger charge is 2.24. The Labute approximate surface area is 167 Å². The van der Waals surface area contributed by atoms with E-state index < -0.39 is 17.7 Å². The SMILES string of the molecule is CCC(=O)N1CCc2cc(C(=O)NCC(O)COc3ccc(F)c(F)c3)ccc21. The van der Waals surface area contributed by atoms with Gasteiger partial charge in [-0.25, -0.2) is 8.78 Å². The summed E-state index contributed by atoms with van der Waals surface area (Å²) in [5.74, 6) is -2.26. The first-order chi connectivity index (χ1) is 13.9. The number of amides is 2. The second-order valence-electron chi connectivity index (χ2n) is 6.74. The van der Waals surface area contributed by atoms with Gasteiger partial charge >= 0.3 is 0 Å². The maximum Gasteiger partial charge on any atom is 0.251 e. The number of rotatable bonds is 7. The Balaban J connectivity index is 1.51. The fraction of sp³-hybridized carbons (Fsp3) is 0.333. The molecule has 2 aromatic carbocycles. The largest absolute Gasteiger partial charge is 0.491 e. The van der Waals surface area contributed by atoms with Crippen molar-refractivity contribution in [1.82, 2.24) is 5.32 Å². The predicted molar refractivity (Wildman–Crippen MR) is 103 cm³/mol. The van der Waals surface area contributed by atoms with Crippen LogP contribution in [0, 0.1) is 11.6 Å². The lowest BCUT2D eigenvalue weighted by Crippen LogP contribution is -2.35. The van der Waals surface area contributed by atoms with Crippen LogP contribution < -0.4 is 15.0 Å². The molecule has 8 heteroatoms. The van der Waals surface area contributed by atoms with Gasteiger partial charge in [-0.15, -0.1) is 0 Å². The molecule has 0 spiro atoms. The molecule has 0 radical (unpaired) electrons. The van der Waals surface area contributed by atoms with Gasteiger partial charge in [0, 0.05) is 36.8 Å². The van der Waals surface area contributed by atoms with Crippen LogP contribution in [0.15, 0.2) is 36.4 Å². The van der Waals surface area contributed by atoms with Gasteiger partial charge in [0.05, 0.1) is 0 Å². The summed E-state index contributed by atoms with van der Waals surface area (Å²) in [6, 6.07) is 8.21. The van der Waals surface area contributed by atoms with E-state index in [-0.39, 0.29) is 30.7 Å². The second-order valence-corrected chi connectivity index (χ2v) is 6.74. The summed E-state index contributed by atoms with van der Waals surface area (Å²) in [5.41, 5.74) is 2.19. The lowest BCUT2D eigenvalue weighted by Gasteiger charge is -2.16. The van der Waals surface area contributed by atoms with Crippen molar-refractivity contribution in [3.63, 3.8) is 0 Å². The molecule has 0 saturated carbocycles. The maximum atomic E-state index is 13.1. The highest BCUT2D eigenvalue weighted by molar-refractivity contribution is 5.98. The summed E-state index contributed by atoms with van der Waals surface area (Å²) in [7, 11) is 0. The third kappa shape index (κ3) is 4.89. The number of carbonyl (C=O) groups excluding carboxylic acids is 2. The van der Waals surface area contributed by atoms with E-state index >= 15 is 0 Å². The highest BCUT2D eigenvalue weighted by atomic mass is 19.2. The molecule has 1 unspecified atom stereocenters. The van der Waals surface area contributed by atoms with E-state index in [2.05, 4.69) is 5.32 Å². The number of aliphatic hydroxyl groups is 1. The zero-order chi connectivity index (χ0) is 21.0. The van der Waals surface area contributed by atoms with E-state index in [9.17, 15) is 23.5 Å². The fourth-order valence-electron chi connectivity index (χ4n) is 3.12. The summed E-state index contributed by atoms with van der Waals surface area (Å²) in [6.45, 7) is 2.15. The van der Waals surface area contributed by atoms with Crippen LogP contribution in [-0.4, -0.2) is 42.7 Å². The van der Waals surface area contributed by atoms with Crippen LogP contribution in [0.3, 0.4) is 0 Å². The zero-order valence-corrected chi connectivity index (χ0v) is 16.0. The minimum Gasteiger partial charge on any atom is -0.491 e. The fourth-order valence-corrected chi connectivity index (χ4v) is 3.12. The number of hydrogen-bond donors (Lipinski definition) is 2. The molecule has 2 N–H and O–H groups in total. The molecule has 1 aliphatic rings. The molecule has 0 fully saturated rings. The van der Waals surface area contributed by atoms with Crippen molar-refractivity contribution in [3.8, 4) is 5.75 Å². The summed E-state index contributed by atoms with van der Waals surface area (Å²) < 4.78 is 31.2. The minimum atomic E-state index is -1.04. The van der Waals surface area contributed by atoms with Crippen LogP contribution in [-0.2, 0) is 11.2 Å². The quantitative estimate of drug-likeness (QED) is 0.743. The number of nitrogens with zero attached hydrogens (tertiary/aromatic N) is 1. The zero-order valence-electron chi connectivity index (χ0n) is 16.0. The molecule has 0 aliphatic carbocycles. The van der Waals surface area contributed by atoms with E-state index in [4.69, 9.17) is 4.74 Å². The number of hydrogen-bond acceptors (Lipinski definition) is 4. The van der Waals surface area contributed by atoms with Gasteiger partial charge in [-0.2, -0.15) is 0 Å². The number of anilines is 1. The Kier molecular flexibility index (Phi) is 6.43. The Morgan fingerprint density at radius 1 is 1.21 bits per heavy atom. The number of halogens is 2. The number of nitrogens with one attached hydrogen (secondary N) is 1. The standard InChI is InChI=1S/C21H22F2N2O4/c1-2-20(27)25-8-7-13-9-14(3-6-19(13)25)21(28)24-11-15(26)12-29-16-4-5-17(22)18(23)10-16/h3-6,9-10,15,26H,2,7-8,11-12H2,1H3,(H,24,28). The van der Waals surface area contributed by atoms with Gasteiger partial charge < -0.3 is 20.1 Å². The molecule has 2 amide bonds. The van der Waals surface area contributed by atoms with Crippen LogP contribution in [0.25, 0.3) is 0 Å². The Morgan fingerprint density at radius 3 is 2.72 bits per heavy atom. The van der Waals surface area contributed by atoms with Crippen LogP contribution in [0.4, 0.5) is 14.5 Å². The highest BCUT2D eigenvalue weighted by Crippen LogP contribution is 2.29. The van der Waals surface area contributed by atoms with Gasteiger partial charge in [-0.3, -0.25) is 9.59 Å². The average Bonchev–Trinajstić information content (AvgIpc) is 3.15. The van der Waals surface area contributed by atoms with Crippen molar-refractivity contribution in [2.45, 2.75) is 25.9 Å². The van der Waals surface area contributed by atoms with Crippen LogP contribution in [0.2, 0.25) is 0 Å². The Hall–Kier alpha value is -3.00. The number of benzene rings is 2. The Morgan fingerprint density at radius 2 is 2.00 bits per heavy atom. The summed E-state index contributed by atoms with van der Waals surface area (Å²) in [6.07, 6.45) is 0.0816. The first kappa shape index (κ1) is 20.7. The lowest BCUT2D eigenvalue weighted by molar-refractivity contribution is -0.118. The van der Waals surface area contributed by atoms with Crippen LogP contribution in [0.5, 0.6) is 5.75 Å².